The fourth-order valence-corrected chi connectivity index (χ4v) is 3.26. The number of benzene rings is 1. The van der Waals surface area contributed by atoms with E-state index in [4.69, 9.17) is 0 Å². The predicted molar refractivity (Wildman–Crippen MR) is 102 cm³/mol. The van der Waals surface area contributed by atoms with Crippen LogP contribution in [0.5, 0.6) is 0 Å². The van der Waals surface area contributed by atoms with Gasteiger partial charge in [0.2, 0.25) is 5.82 Å². The van der Waals surface area contributed by atoms with Crippen LogP contribution in [-0.4, -0.2) is 30.4 Å². The number of halogens is 1. The molecular weight excluding hydrogens is 379 g/mol. The van der Waals surface area contributed by atoms with Gasteiger partial charge in [0, 0.05) is 18.7 Å². The predicted octanol–water partition coefficient (Wildman–Crippen LogP) is 3.39. The van der Waals surface area contributed by atoms with Gasteiger partial charge >= 0.3 is 11.7 Å². The van der Waals surface area contributed by atoms with Crippen LogP contribution in [0.25, 0.3) is 11.3 Å². The van der Waals surface area contributed by atoms with Gasteiger partial charge in [0.1, 0.15) is 11.6 Å². The van der Waals surface area contributed by atoms with Gasteiger partial charge in [-0.25, -0.2) is 19.2 Å². The van der Waals surface area contributed by atoms with E-state index in [2.05, 4.69) is 15.3 Å². The average molecular weight is 396 g/mol. The summed E-state index contributed by atoms with van der Waals surface area (Å²) in [6.45, 7) is 2.55. The van der Waals surface area contributed by atoms with Gasteiger partial charge in [0.25, 0.3) is 0 Å². The Kier molecular flexibility index (Phi) is 4.45. The van der Waals surface area contributed by atoms with Gasteiger partial charge in [0.05, 0.1) is 35.1 Å². The van der Waals surface area contributed by atoms with Crippen molar-refractivity contribution in [3.05, 3.63) is 69.5 Å². The molecule has 3 heterocycles. The lowest BCUT2D eigenvalue weighted by atomic mass is 10.1. The molecule has 0 atom stereocenters. The number of carbonyl (C=O) groups excluding carboxylic acids is 1. The second-order valence-corrected chi connectivity index (χ2v) is 6.73. The number of imidazole rings is 1. The third-order valence-corrected chi connectivity index (χ3v) is 4.92. The topological polar surface area (TPSA) is 106 Å². The molecule has 0 radical (unpaired) electrons. The third-order valence-electron chi connectivity index (χ3n) is 4.92. The summed E-state index contributed by atoms with van der Waals surface area (Å²) in [6, 6.07) is 7.79. The van der Waals surface area contributed by atoms with E-state index < -0.39 is 16.8 Å². The molecule has 1 N–H and O–H groups in total. The van der Waals surface area contributed by atoms with Crippen LogP contribution in [0.4, 0.5) is 20.7 Å². The molecule has 3 aromatic rings. The number of carbonyl (C=O) groups is 1. The summed E-state index contributed by atoms with van der Waals surface area (Å²) in [5, 5.41) is 13.9. The van der Waals surface area contributed by atoms with Crippen molar-refractivity contribution < 1.29 is 14.1 Å². The number of nitrogens with one attached hydrogen (secondary N) is 1. The molecule has 4 rings (SSSR count). The zero-order chi connectivity index (χ0) is 20.7. The highest BCUT2D eigenvalue weighted by Crippen LogP contribution is 2.29. The first-order chi connectivity index (χ1) is 13.8. The van der Waals surface area contributed by atoms with E-state index in [1.807, 2.05) is 18.5 Å². The Hall–Kier alpha value is -3.82. The third kappa shape index (κ3) is 3.40. The highest BCUT2D eigenvalue weighted by molar-refractivity contribution is 5.91. The quantitative estimate of drug-likeness (QED) is 0.540. The van der Waals surface area contributed by atoms with E-state index in [0.29, 0.717) is 24.3 Å². The number of rotatable bonds is 3. The van der Waals surface area contributed by atoms with Gasteiger partial charge in [-0.1, -0.05) is 0 Å². The standard InChI is InChI=1S/C19H17FN6O3/c1-11-21-15-9-25(10-17(15)24(11)2)19(27)23-18-16(26(28)29)8-7-14(22-18)12-3-5-13(20)6-4-12/h3-8H,9-10H2,1-2H3,(H,22,23,27). The number of fused-ring (bicyclic) bond motifs is 1. The number of anilines is 1. The normalized spacial score (nSPS) is 12.7. The van der Waals surface area contributed by atoms with Crippen molar-refractivity contribution in [3.63, 3.8) is 0 Å². The summed E-state index contributed by atoms with van der Waals surface area (Å²) >= 11 is 0. The van der Waals surface area contributed by atoms with Crippen LogP contribution in [0.3, 0.4) is 0 Å². The number of hydrogen-bond acceptors (Lipinski definition) is 5. The van der Waals surface area contributed by atoms with Crippen LogP contribution in [0.2, 0.25) is 0 Å². The fraction of sp³-hybridized carbons (Fsp3) is 0.211. The van der Waals surface area contributed by atoms with E-state index in [9.17, 15) is 19.3 Å². The van der Waals surface area contributed by atoms with Crippen LogP contribution < -0.4 is 5.32 Å². The number of nitro groups is 1. The minimum atomic E-state index is -0.610. The molecular formula is C19H17FN6O3. The van der Waals surface area contributed by atoms with Gasteiger partial charge in [-0.15, -0.1) is 0 Å². The Morgan fingerprint density at radius 1 is 1.17 bits per heavy atom. The van der Waals surface area contributed by atoms with Gasteiger partial charge < -0.3 is 9.47 Å². The number of amides is 2. The molecule has 2 amide bonds. The molecule has 29 heavy (non-hydrogen) atoms. The lowest BCUT2D eigenvalue weighted by Crippen LogP contribution is -2.31. The molecule has 0 fully saturated rings. The van der Waals surface area contributed by atoms with Gasteiger partial charge in [-0.05, 0) is 37.3 Å². The van der Waals surface area contributed by atoms with Crippen LogP contribution in [-0.2, 0) is 20.1 Å². The SMILES string of the molecule is Cc1nc2c(n1C)CN(C(=O)Nc1nc(-c3ccc(F)cc3)ccc1[N+](=O)[O-])C2. The largest absolute Gasteiger partial charge is 0.333 e. The van der Waals surface area contributed by atoms with E-state index in [1.54, 1.807) is 0 Å². The molecule has 1 aliphatic heterocycles. The van der Waals surface area contributed by atoms with Crippen molar-refractivity contribution in [1.29, 1.82) is 0 Å². The minimum Gasteiger partial charge on any atom is -0.333 e. The molecule has 0 unspecified atom stereocenters. The number of urea groups is 1. The molecule has 0 saturated heterocycles. The molecule has 1 aromatic carbocycles. The Morgan fingerprint density at radius 3 is 2.55 bits per heavy atom. The summed E-state index contributed by atoms with van der Waals surface area (Å²) in [4.78, 5) is 33.6. The molecule has 0 saturated carbocycles. The van der Waals surface area contributed by atoms with E-state index in [-0.39, 0.29) is 11.5 Å². The zero-order valence-electron chi connectivity index (χ0n) is 15.7. The van der Waals surface area contributed by atoms with Crippen LogP contribution in [0.15, 0.2) is 36.4 Å². The number of hydrogen-bond donors (Lipinski definition) is 1. The highest BCUT2D eigenvalue weighted by Gasteiger charge is 2.29. The summed E-state index contributed by atoms with van der Waals surface area (Å²) < 4.78 is 15.1. The minimum absolute atomic E-state index is 0.165. The fourth-order valence-electron chi connectivity index (χ4n) is 3.26. The second kappa shape index (κ2) is 6.97. The second-order valence-electron chi connectivity index (χ2n) is 6.73. The van der Waals surface area contributed by atoms with Crippen LogP contribution in [0, 0.1) is 22.9 Å². The Bertz CT molecular complexity index is 1130. The van der Waals surface area contributed by atoms with Crippen molar-refractivity contribution in [1.82, 2.24) is 19.4 Å². The van der Waals surface area contributed by atoms with E-state index in [1.165, 1.54) is 41.3 Å². The molecule has 1 aliphatic rings. The summed E-state index contributed by atoms with van der Waals surface area (Å²) in [5.41, 5.74) is 2.37. The summed E-state index contributed by atoms with van der Waals surface area (Å²) in [5.74, 6) is 0.294. The lowest BCUT2D eigenvalue weighted by Gasteiger charge is -2.17. The maximum Gasteiger partial charge on any atom is 0.323 e. The van der Waals surface area contributed by atoms with E-state index >= 15 is 0 Å². The molecule has 0 aliphatic carbocycles. The number of nitrogens with zero attached hydrogens (tertiary/aromatic N) is 5. The molecule has 0 spiro atoms. The number of pyridine rings is 1. The van der Waals surface area contributed by atoms with Crippen LogP contribution >= 0.6 is 0 Å². The van der Waals surface area contributed by atoms with E-state index in [0.717, 1.165) is 17.2 Å². The lowest BCUT2D eigenvalue weighted by molar-refractivity contribution is -0.384. The van der Waals surface area contributed by atoms with Gasteiger partial charge in [-0.2, -0.15) is 0 Å². The average Bonchev–Trinajstić information content (AvgIpc) is 3.21. The van der Waals surface area contributed by atoms with Crippen molar-refractivity contribution in [3.8, 4) is 11.3 Å². The molecule has 9 nitrogen and oxygen atoms in total. The van der Waals surface area contributed by atoms with Gasteiger partial charge in [0.15, 0.2) is 0 Å². The number of aryl methyl sites for hydroxylation is 1. The first-order valence-corrected chi connectivity index (χ1v) is 8.82. The first kappa shape index (κ1) is 18.5. The Morgan fingerprint density at radius 2 is 1.90 bits per heavy atom. The Labute approximate surface area is 165 Å². The number of aromatic nitrogens is 3. The highest BCUT2D eigenvalue weighted by atomic mass is 19.1. The van der Waals surface area contributed by atoms with Crippen LogP contribution in [0.1, 0.15) is 17.2 Å². The summed E-state index contributed by atoms with van der Waals surface area (Å²) in [7, 11) is 1.88. The maximum atomic E-state index is 13.2. The van der Waals surface area contributed by atoms with Crippen molar-refractivity contribution >= 4 is 17.5 Å². The Balaban J connectivity index is 1.60. The smallest absolute Gasteiger partial charge is 0.323 e. The van der Waals surface area contributed by atoms with Crippen molar-refractivity contribution in [2.24, 2.45) is 7.05 Å². The monoisotopic (exact) mass is 396 g/mol. The molecule has 10 heteroatoms. The summed E-state index contributed by atoms with van der Waals surface area (Å²) in [6.07, 6.45) is 0. The molecule has 0 bridgehead atoms. The van der Waals surface area contributed by atoms with Gasteiger partial charge in [-0.3, -0.25) is 15.4 Å². The molecule has 2 aromatic heterocycles. The zero-order valence-corrected chi connectivity index (χ0v) is 15.7. The first-order valence-electron chi connectivity index (χ1n) is 8.82. The van der Waals surface area contributed by atoms with Crippen molar-refractivity contribution in [2.75, 3.05) is 5.32 Å². The van der Waals surface area contributed by atoms with Crippen molar-refractivity contribution in [2.45, 2.75) is 20.0 Å². The maximum absolute atomic E-state index is 13.2. The molecule has 148 valence electrons.